The molecule has 0 spiro atoms. The first kappa shape index (κ1) is 23.2. The number of hydrogen-bond donors (Lipinski definition) is 1. The molecule has 7 nitrogen and oxygen atoms in total. The van der Waals surface area contributed by atoms with Crippen molar-refractivity contribution in [1.29, 1.82) is 0 Å². The fourth-order valence-electron chi connectivity index (χ4n) is 4.12. The largest absolute Gasteiger partial charge is 0.493 e. The van der Waals surface area contributed by atoms with Gasteiger partial charge in [-0.1, -0.05) is 60.7 Å². The molecule has 1 fully saturated rings. The number of nitrogens with one attached hydrogen (secondary N) is 1. The van der Waals surface area contributed by atoms with Crippen LogP contribution in [-0.4, -0.2) is 43.6 Å². The van der Waals surface area contributed by atoms with Crippen molar-refractivity contribution in [3.63, 3.8) is 0 Å². The number of methoxy groups -OCH3 is 2. The number of carbonyl (C=O) groups excluding carboxylic acids is 2. The monoisotopic (exact) mass is 459 g/mol. The minimum atomic E-state index is -0.290. The minimum Gasteiger partial charge on any atom is -0.493 e. The van der Waals surface area contributed by atoms with Gasteiger partial charge in [0.05, 0.1) is 20.3 Å². The second-order valence-corrected chi connectivity index (χ2v) is 8.22. The van der Waals surface area contributed by atoms with E-state index in [4.69, 9.17) is 9.47 Å². The highest BCUT2D eigenvalue weighted by Crippen LogP contribution is 2.33. The van der Waals surface area contributed by atoms with Gasteiger partial charge >= 0.3 is 6.03 Å². The standard InChI is InChI=1S/C27H29N3O4/c1-33-24-14-13-23(16-25(24)34-2)30-19-22(15-26(30)31)28-27(32)29(17-20-9-5-3-6-10-20)18-21-11-7-4-8-12-21/h3-14,16,22H,15,17-19H2,1-2H3,(H,28,32). The summed E-state index contributed by atoms with van der Waals surface area (Å²) in [5, 5.41) is 3.07. The SMILES string of the molecule is COc1ccc(N2CC(NC(=O)N(Cc3ccccc3)Cc3ccccc3)CC2=O)cc1OC. The van der Waals surface area contributed by atoms with Crippen LogP contribution in [0.4, 0.5) is 10.5 Å². The van der Waals surface area contributed by atoms with E-state index >= 15 is 0 Å². The van der Waals surface area contributed by atoms with Crippen molar-refractivity contribution in [3.8, 4) is 11.5 Å². The Morgan fingerprint density at radius 3 is 2.06 bits per heavy atom. The molecule has 1 aliphatic rings. The van der Waals surface area contributed by atoms with E-state index in [1.54, 1.807) is 36.2 Å². The van der Waals surface area contributed by atoms with Crippen molar-refractivity contribution in [1.82, 2.24) is 10.2 Å². The van der Waals surface area contributed by atoms with Gasteiger partial charge in [-0.2, -0.15) is 0 Å². The highest BCUT2D eigenvalue weighted by Gasteiger charge is 2.33. The maximum absolute atomic E-state index is 13.3. The lowest BCUT2D eigenvalue weighted by Gasteiger charge is -2.25. The Balaban J connectivity index is 1.46. The first-order valence-corrected chi connectivity index (χ1v) is 11.2. The van der Waals surface area contributed by atoms with E-state index < -0.39 is 0 Å². The minimum absolute atomic E-state index is 0.0461. The average molecular weight is 460 g/mol. The third kappa shape index (κ3) is 5.49. The van der Waals surface area contributed by atoms with E-state index in [-0.39, 0.29) is 24.4 Å². The van der Waals surface area contributed by atoms with Crippen molar-refractivity contribution < 1.29 is 19.1 Å². The summed E-state index contributed by atoms with van der Waals surface area (Å²) in [7, 11) is 3.13. The third-order valence-electron chi connectivity index (χ3n) is 5.85. The molecular formula is C27H29N3O4. The van der Waals surface area contributed by atoms with Crippen LogP contribution in [0.1, 0.15) is 17.5 Å². The van der Waals surface area contributed by atoms with Crippen molar-refractivity contribution in [2.75, 3.05) is 25.7 Å². The molecule has 0 radical (unpaired) electrons. The molecule has 1 atom stereocenters. The predicted molar refractivity (Wildman–Crippen MR) is 131 cm³/mol. The summed E-state index contributed by atoms with van der Waals surface area (Å²) < 4.78 is 10.7. The Bertz CT molecular complexity index is 1080. The van der Waals surface area contributed by atoms with Crippen LogP contribution in [0.5, 0.6) is 11.5 Å². The van der Waals surface area contributed by atoms with Crippen LogP contribution in [-0.2, 0) is 17.9 Å². The molecular weight excluding hydrogens is 430 g/mol. The van der Waals surface area contributed by atoms with Crippen LogP contribution in [0.2, 0.25) is 0 Å². The maximum Gasteiger partial charge on any atom is 0.318 e. The summed E-state index contributed by atoms with van der Waals surface area (Å²) in [6.45, 7) is 1.34. The summed E-state index contributed by atoms with van der Waals surface area (Å²) in [4.78, 5) is 29.5. The van der Waals surface area contributed by atoms with E-state index in [2.05, 4.69) is 5.32 Å². The van der Waals surface area contributed by atoms with Gasteiger partial charge in [-0.15, -0.1) is 0 Å². The van der Waals surface area contributed by atoms with Crippen LogP contribution >= 0.6 is 0 Å². The van der Waals surface area contributed by atoms with Crippen LogP contribution in [0.25, 0.3) is 0 Å². The first-order valence-electron chi connectivity index (χ1n) is 11.2. The van der Waals surface area contributed by atoms with Gasteiger partial charge in [0, 0.05) is 37.8 Å². The number of nitrogens with zero attached hydrogens (tertiary/aromatic N) is 2. The summed E-state index contributed by atoms with van der Waals surface area (Å²) in [6.07, 6.45) is 0.241. The summed E-state index contributed by atoms with van der Waals surface area (Å²) in [5.41, 5.74) is 2.80. The Labute approximate surface area is 199 Å². The Kier molecular flexibility index (Phi) is 7.32. The molecule has 0 bridgehead atoms. The molecule has 0 saturated carbocycles. The maximum atomic E-state index is 13.3. The lowest BCUT2D eigenvalue weighted by molar-refractivity contribution is -0.117. The van der Waals surface area contributed by atoms with E-state index in [1.807, 2.05) is 66.7 Å². The Morgan fingerprint density at radius 1 is 0.912 bits per heavy atom. The van der Waals surface area contributed by atoms with Crippen LogP contribution in [0.15, 0.2) is 78.9 Å². The molecule has 1 saturated heterocycles. The molecule has 34 heavy (non-hydrogen) atoms. The van der Waals surface area contributed by atoms with E-state index in [0.29, 0.717) is 36.8 Å². The number of urea groups is 1. The number of anilines is 1. The van der Waals surface area contributed by atoms with Crippen LogP contribution in [0, 0.1) is 0 Å². The number of amides is 3. The van der Waals surface area contributed by atoms with Gasteiger partial charge in [0.25, 0.3) is 0 Å². The molecule has 1 aliphatic heterocycles. The molecule has 3 aromatic rings. The quantitative estimate of drug-likeness (QED) is 0.548. The molecule has 7 heteroatoms. The number of ether oxygens (including phenoxy) is 2. The van der Waals surface area contributed by atoms with Crippen molar-refractivity contribution >= 4 is 17.6 Å². The molecule has 3 aromatic carbocycles. The summed E-state index contributed by atoms with van der Waals surface area (Å²) in [5.74, 6) is 1.10. The fraction of sp³-hybridized carbons (Fsp3) is 0.259. The average Bonchev–Trinajstić information content (AvgIpc) is 3.24. The molecule has 1 N–H and O–H groups in total. The van der Waals surface area contributed by atoms with E-state index in [9.17, 15) is 9.59 Å². The molecule has 1 unspecified atom stereocenters. The van der Waals surface area contributed by atoms with Crippen LogP contribution in [0.3, 0.4) is 0 Å². The first-order chi connectivity index (χ1) is 16.6. The smallest absolute Gasteiger partial charge is 0.318 e. The van der Waals surface area contributed by atoms with Crippen molar-refractivity contribution in [2.45, 2.75) is 25.6 Å². The van der Waals surface area contributed by atoms with E-state index in [0.717, 1.165) is 11.1 Å². The lowest BCUT2D eigenvalue weighted by atomic mass is 10.1. The van der Waals surface area contributed by atoms with Gasteiger partial charge in [0.15, 0.2) is 11.5 Å². The normalized spacial score (nSPS) is 15.2. The molecule has 0 aliphatic carbocycles. The molecule has 4 rings (SSSR count). The Hall–Kier alpha value is -4.00. The lowest BCUT2D eigenvalue weighted by Crippen LogP contribution is -2.45. The number of hydrogen-bond acceptors (Lipinski definition) is 4. The second-order valence-electron chi connectivity index (χ2n) is 8.22. The third-order valence-corrected chi connectivity index (χ3v) is 5.85. The molecule has 3 amide bonds. The highest BCUT2D eigenvalue weighted by molar-refractivity contribution is 5.97. The zero-order chi connectivity index (χ0) is 23.9. The number of benzene rings is 3. The second kappa shape index (κ2) is 10.7. The van der Waals surface area contributed by atoms with Gasteiger partial charge in [-0.3, -0.25) is 4.79 Å². The highest BCUT2D eigenvalue weighted by atomic mass is 16.5. The summed E-state index contributed by atoms with van der Waals surface area (Å²) in [6, 6.07) is 24.7. The van der Waals surface area contributed by atoms with Gasteiger partial charge in [-0.25, -0.2) is 4.79 Å². The van der Waals surface area contributed by atoms with Gasteiger partial charge in [0.2, 0.25) is 5.91 Å². The number of rotatable bonds is 8. The zero-order valence-corrected chi connectivity index (χ0v) is 19.4. The zero-order valence-electron chi connectivity index (χ0n) is 19.4. The molecule has 176 valence electrons. The topological polar surface area (TPSA) is 71.1 Å². The van der Waals surface area contributed by atoms with Gasteiger partial charge < -0.3 is 24.6 Å². The van der Waals surface area contributed by atoms with E-state index in [1.165, 1.54) is 0 Å². The Morgan fingerprint density at radius 2 is 1.50 bits per heavy atom. The van der Waals surface area contributed by atoms with Gasteiger partial charge in [-0.05, 0) is 23.3 Å². The van der Waals surface area contributed by atoms with Crippen molar-refractivity contribution in [2.24, 2.45) is 0 Å². The van der Waals surface area contributed by atoms with Gasteiger partial charge in [0.1, 0.15) is 0 Å². The number of carbonyl (C=O) groups is 2. The molecule has 0 aromatic heterocycles. The fourth-order valence-corrected chi connectivity index (χ4v) is 4.12. The summed E-state index contributed by atoms with van der Waals surface area (Å²) >= 11 is 0. The van der Waals surface area contributed by atoms with Crippen LogP contribution < -0.4 is 19.7 Å². The van der Waals surface area contributed by atoms with Crippen molar-refractivity contribution in [3.05, 3.63) is 90.0 Å². The predicted octanol–water partition coefficient (Wildman–Crippen LogP) is 4.22. The molecule has 1 heterocycles.